The molecule has 2 aromatic rings. The monoisotopic (exact) mass is 412 g/mol. The Hall–Kier alpha value is -3.39. The quantitative estimate of drug-likeness (QED) is 0.525. The van der Waals surface area contributed by atoms with E-state index in [-0.39, 0.29) is 18.9 Å². The number of nitrogens with one attached hydrogen (secondary N) is 2. The molecule has 0 aliphatic heterocycles. The molecule has 2 aromatic carbocycles. The Morgan fingerprint density at radius 1 is 1.03 bits per heavy atom. The van der Waals surface area contributed by atoms with Gasteiger partial charge in [0.15, 0.2) is 6.10 Å². The van der Waals surface area contributed by atoms with E-state index >= 15 is 0 Å². The smallest absolute Gasteiger partial charge is 0.407 e. The van der Waals surface area contributed by atoms with E-state index < -0.39 is 36.7 Å². The third-order valence-electron chi connectivity index (χ3n) is 4.98. The van der Waals surface area contributed by atoms with Crippen molar-refractivity contribution in [1.82, 2.24) is 10.6 Å². The molecule has 0 bridgehead atoms. The van der Waals surface area contributed by atoms with Gasteiger partial charge in [0.25, 0.3) is 0 Å². The minimum Gasteiger partial charge on any atom is -0.479 e. The van der Waals surface area contributed by atoms with Gasteiger partial charge in [0.1, 0.15) is 6.61 Å². The summed E-state index contributed by atoms with van der Waals surface area (Å²) < 4.78 is 5.42. The third-order valence-corrected chi connectivity index (χ3v) is 4.98. The molecule has 2 atom stereocenters. The zero-order valence-corrected chi connectivity index (χ0v) is 16.5. The van der Waals surface area contributed by atoms with Crippen LogP contribution in [0.5, 0.6) is 0 Å². The first-order valence-electron chi connectivity index (χ1n) is 9.66. The minimum absolute atomic E-state index is 0.0562. The predicted molar refractivity (Wildman–Crippen MR) is 109 cm³/mol. The average molecular weight is 412 g/mol. The van der Waals surface area contributed by atoms with Gasteiger partial charge in [-0.05, 0) is 29.2 Å². The Kier molecular flexibility index (Phi) is 6.68. The maximum absolute atomic E-state index is 12.2. The molecule has 0 aromatic heterocycles. The first-order valence-corrected chi connectivity index (χ1v) is 9.66. The van der Waals surface area contributed by atoms with Crippen molar-refractivity contribution in [2.24, 2.45) is 0 Å². The van der Waals surface area contributed by atoms with Gasteiger partial charge in [-0.25, -0.2) is 9.59 Å². The fraction of sp³-hybridized carbons (Fsp3) is 0.318. The molecule has 8 nitrogen and oxygen atoms in total. The summed E-state index contributed by atoms with van der Waals surface area (Å²) in [5.41, 5.74) is 4.48. The van der Waals surface area contributed by atoms with Gasteiger partial charge in [-0.2, -0.15) is 0 Å². The molecule has 30 heavy (non-hydrogen) atoms. The highest BCUT2D eigenvalue weighted by Crippen LogP contribution is 2.44. The number of alkyl carbamates (subject to hydrolysis) is 1. The van der Waals surface area contributed by atoms with Crippen LogP contribution in [0.3, 0.4) is 0 Å². The summed E-state index contributed by atoms with van der Waals surface area (Å²) in [5.74, 6) is -1.96. The molecule has 0 spiro atoms. The van der Waals surface area contributed by atoms with Gasteiger partial charge in [0.2, 0.25) is 5.91 Å². The van der Waals surface area contributed by atoms with E-state index in [9.17, 15) is 14.4 Å². The first kappa shape index (κ1) is 21.3. The fourth-order valence-corrected chi connectivity index (χ4v) is 3.54. The van der Waals surface area contributed by atoms with Crippen LogP contribution in [0.4, 0.5) is 4.79 Å². The van der Waals surface area contributed by atoms with Crippen molar-refractivity contribution >= 4 is 18.0 Å². The van der Waals surface area contributed by atoms with Gasteiger partial charge in [0, 0.05) is 18.4 Å². The number of hydrogen-bond donors (Lipinski definition) is 4. The molecular weight excluding hydrogens is 388 g/mol. The van der Waals surface area contributed by atoms with Crippen LogP contribution in [0.2, 0.25) is 0 Å². The second kappa shape index (κ2) is 9.41. The molecule has 2 amide bonds. The van der Waals surface area contributed by atoms with Crippen LogP contribution in [0.25, 0.3) is 11.1 Å². The number of carbonyl (C=O) groups excluding carboxylic acids is 2. The van der Waals surface area contributed by atoms with Gasteiger partial charge in [-0.1, -0.05) is 48.5 Å². The van der Waals surface area contributed by atoms with E-state index in [1.807, 2.05) is 36.4 Å². The molecule has 2 unspecified atom stereocenters. The Morgan fingerprint density at radius 2 is 1.60 bits per heavy atom. The molecular formula is C22H24N2O6. The maximum atomic E-state index is 12.2. The van der Waals surface area contributed by atoms with Crippen molar-refractivity contribution in [1.29, 1.82) is 0 Å². The SMILES string of the molecule is CC(CC(=O)NCC(O)C(=O)O)NC(=O)OCC1c2ccccc2-c2ccccc21. The number of amides is 2. The number of carboxylic acids is 1. The van der Waals surface area contributed by atoms with Crippen LogP contribution in [-0.2, 0) is 14.3 Å². The van der Waals surface area contributed by atoms with Gasteiger partial charge < -0.3 is 25.6 Å². The number of rotatable bonds is 8. The minimum atomic E-state index is -1.67. The Balaban J connectivity index is 1.50. The molecule has 0 fully saturated rings. The van der Waals surface area contributed by atoms with Crippen molar-refractivity contribution in [3.63, 3.8) is 0 Å². The second-order valence-electron chi connectivity index (χ2n) is 7.23. The van der Waals surface area contributed by atoms with Crippen molar-refractivity contribution in [3.8, 4) is 11.1 Å². The molecule has 1 aliphatic rings. The lowest BCUT2D eigenvalue weighted by Gasteiger charge is -2.17. The molecule has 0 radical (unpaired) electrons. The molecule has 1 aliphatic carbocycles. The number of aliphatic carboxylic acids is 1. The van der Waals surface area contributed by atoms with Crippen molar-refractivity contribution < 1.29 is 29.3 Å². The normalized spacial score (nSPS) is 14.2. The maximum Gasteiger partial charge on any atom is 0.407 e. The summed E-state index contributed by atoms with van der Waals surface area (Å²) in [6, 6.07) is 15.5. The van der Waals surface area contributed by atoms with E-state index in [4.69, 9.17) is 14.9 Å². The van der Waals surface area contributed by atoms with E-state index in [1.54, 1.807) is 6.92 Å². The van der Waals surface area contributed by atoms with Crippen molar-refractivity contribution in [3.05, 3.63) is 59.7 Å². The summed E-state index contributed by atoms with van der Waals surface area (Å²) in [5, 5.41) is 22.7. The number of carbonyl (C=O) groups is 3. The highest BCUT2D eigenvalue weighted by atomic mass is 16.5. The third kappa shape index (κ3) is 4.96. The summed E-state index contributed by atoms with van der Waals surface area (Å²) >= 11 is 0. The van der Waals surface area contributed by atoms with Crippen molar-refractivity contribution in [2.75, 3.05) is 13.2 Å². The lowest BCUT2D eigenvalue weighted by atomic mass is 9.98. The predicted octanol–water partition coefficient (Wildman–Crippen LogP) is 1.87. The van der Waals surface area contributed by atoms with Gasteiger partial charge in [0.05, 0.1) is 6.54 Å². The molecule has 3 rings (SSSR count). The van der Waals surface area contributed by atoms with Gasteiger partial charge >= 0.3 is 12.1 Å². The Morgan fingerprint density at radius 3 is 2.17 bits per heavy atom. The van der Waals surface area contributed by atoms with Crippen LogP contribution in [0, 0.1) is 0 Å². The fourth-order valence-electron chi connectivity index (χ4n) is 3.54. The second-order valence-corrected chi connectivity index (χ2v) is 7.23. The summed E-state index contributed by atoms with van der Waals surface area (Å²) in [6.45, 7) is 1.41. The summed E-state index contributed by atoms with van der Waals surface area (Å²) in [6.07, 6.45) is -2.38. The number of benzene rings is 2. The van der Waals surface area contributed by atoms with Crippen LogP contribution in [0.15, 0.2) is 48.5 Å². The van der Waals surface area contributed by atoms with E-state index in [1.165, 1.54) is 0 Å². The highest BCUT2D eigenvalue weighted by molar-refractivity contribution is 5.80. The first-order chi connectivity index (χ1) is 14.4. The number of ether oxygens (including phenoxy) is 1. The van der Waals surface area contributed by atoms with Crippen LogP contribution >= 0.6 is 0 Å². The zero-order chi connectivity index (χ0) is 21.7. The summed E-state index contributed by atoms with van der Waals surface area (Å²) in [4.78, 5) is 34.5. The Bertz CT molecular complexity index is 899. The van der Waals surface area contributed by atoms with E-state index in [0.717, 1.165) is 22.3 Å². The summed E-state index contributed by atoms with van der Waals surface area (Å²) in [7, 11) is 0. The largest absolute Gasteiger partial charge is 0.479 e. The number of aliphatic hydroxyl groups is 1. The molecule has 0 heterocycles. The van der Waals surface area contributed by atoms with E-state index in [2.05, 4.69) is 22.8 Å². The molecule has 0 saturated heterocycles. The number of fused-ring (bicyclic) bond motifs is 3. The molecule has 4 N–H and O–H groups in total. The van der Waals surface area contributed by atoms with Crippen LogP contribution < -0.4 is 10.6 Å². The van der Waals surface area contributed by atoms with Crippen LogP contribution in [0.1, 0.15) is 30.4 Å². The molecule has 8 heteroatoms. The molecule has 158 valence electrons. The van der Waals surface area contributed by atoms with Gasteiger partial charge in [-0.3, -0.25) is 4.79 Å². The molecule has 0 saturated carbocycles. The number of carboxylic acid groups (broad SMARTS) is 1. The number of aliphatic hydroxyl groups excluding tert-OH is 1. The number of hydrogen-bond acceptors (Lipinski definition) is 5. The van der Waals surface area contributed by atoms with Gasteiger partial charge in [-0.15, -0.1) is 0 Å². The van der Waals surface area contributed by atoms with Crippen LogP contribution in [-0.4, -0.2) is 53.5 Å². The highest BCUT2D eigenvalue weighted by Gasteiger charge is 2.29. The van der Waals surface area contributed by atoms with E-state index in [0.29, 0.717) is 0 Å². The Labute approximate surface area is 173 Å². The lowest BCUT2D eigenvalue weighted by Crippen LogP contribution is -2.41. The lowest BCUT2D eigenvalue weighted by molar-refractivity contribution is -0.146. The van der Waals surface area contributed by atoms with Crippen molar-refractivity contribution in [2.45, 2.75) is 31.4 Å². The average Bonchev–Trinajstić information content (AvgIpc) is 3.04. The zero-order valence-electron chi connectivity index (χ0n) is 16.5. The topological polar surface area (TPSA) is 125 Å². The standard InChI is InChI=1S/C22H24N2O6/c1-13(10-20(26)23-11-19(25)21(27)28)24-22(29)30-12-18-16-8-4-2-6-14(16)15-7-3-5-9-17(15)18/h2-9,13,18-19,25H,10-12H2,1H3,(H,23,26)(H,24,29)(H,27,28).